The third-order valence-electron chi connectivity index (χ3n) is 4.58. The van der Waals surface area contributed by atoms with Gasteiger partial charge in [0.05, 0.1) is 15.5 Å². The largest absolute Gasteiger partial charge is 0.417 e. The third-order valence-corrected chi connectivity index (χ3v) is 4.91. The SMILES string of the molecule is O=[N+]([O-])c1c(Nc2ccc(Cl)c(C(F)(F)F)c2)ncnc1Nc1cccc2ccccc12. The maximum atomic E-state index is 13.2. The zero-order valence-electron chi connectivity index (χ0n) is 16.0. The van der Waals surface area contributed by atoms with Crippen molar-refractivity contribution >= 4 is 51.1 Å². The molecule has 11 heteroatoms. The van der Waals surface area contributed by atoms with Crippen molar-refractivity contribution in [2.24, 2.45) is 0 Å². The van der Waals surface area contributed by atoms with Gasteiger partial charge in [-0.25, -0.2) is 9.97 Å². The zero-order valence-corrected chi connectivity index (χ0v) is 16.8. The van der Waals surface area contributed by atoms with E-state index in [1.165, 1.54) is 6.07 Å². The summed E-state index contributed by atoms with van der Waals surface area (Å²) in [6.07, 6.45) is -3.61. The van der Waals surface area contributed by atoms with Crippen molar-refractivity contribution in [1.82, 2.24) is 9.97 Å². The van der Waals surface area contributed by atoms with Crippen LogP contribution in [0, 0.1) is 10.1 Å². The predicted molar refractivity (Wildman–Crippen MR) is 116 cm³/mol. The van der Waals surface area contributed by atoms with E-state index in [0.29, 0.717) is 5.69 Å². The number of benzene rings is 3. The summed E-state index contributed by atoms with van der Waals surface area (Å²) in [6.45, 7) is 0. The van der Waals surface area contributed by atoms with E-state index in [0.717, 1.165) is 29.2 Å². The van der Waals surface area contributed by atoms with Gasteiger partial charge < -0.3 is 10.6 Å². The molecule has 0 saturated heterocycles. The Morgan fingerprint density at radius 2 is 1.62 bits per heavy atom. The van der Waals surface area contributed by atoms with Crippen LogP contribution in [-0.4, -0.2) is 14.9 Å². The van der Waals surface area contributed by atoms with Crippen molar-refractivity contribution in [3.63, 3.8) is 0 Å². The maximum Gasteiger partial charge on any atom is 0.417 e. The lowest BCUT2D eigenvalue weighted by Gasteiger charge is -2.13. The molecule has 0 amide bonds. The molecule has 1 aromatic heterocycles. The molecule has 0 aliphatic rings. The second-order valence-corrected chi connectivity index (χ2v) is 7.05. The van der Waals surface area contributed by atoms with E-state index >= 15 is 0 Å². The minimum absolute atomic E-state index is 0.0698. The first-order chi connectivity index (χ1) is 15.2. The summed E-state index contributed by atoms with van der Waals surface area (Å²) in [5.41, 5.74) is -1.10. The van der Waals surface area contributed by atoms with Gasteiger partial charge in [0.25, 0.3) is 0 Å². The van der Waals surface area contributed by atoms with Gasteiger partial charge in [-0.2, -0.15) is 13.2 Å². The maximum absolute atomic E-state index is 13.2. The standard InChI is InChI=1S/C21H13ClF3N5O2/c22-16-9-8-13(10-15(16)21(23,24)25)28-19-18(30(31)32)20(27-11-26-19)29-17-7-3-5-12-4-1-2-6-14(12)17/h1-11H,(H2,26,27,28,29). The van der Waals surface area contributed by atoms with Gasteiger partial charge >= 0.3 is 11.9 Å². The average molecular weight is 460 g/mol. The van der Waals surface area contributed by atoms with Gasteiger partial charge in [0.1, 0.15) is 6.33 Å². The molecule has 1 heterocycles. The molecular weight excluding hydrogens is 447 g/mol. The summed E-state index contributed by atoms with van der Waals surface area (Å²) in [6, 6.07) is 15.9. The zero-order chi connectivity index (χ0) is 22.9. The number of nitro groups is 1. The molecule has 162 valence electrons. The van der Waals surface area contributed by atoms with Crippen LogP contribution in [0.25, 0.3) is 10.8 Å². The Balaban J connectivity index is 1.74. The first kappa shape index (κ1) is 21.3. The van der Waals surface area contributed by atoms with Gasteiger partial charge in [-0.3, -0.25) is 10.1 Å². The fourth-order valence-corrected chi connectivity index (χ4v) is 3.38. The number of nitrogens with one attached hydrogen (secondary N) is 2. The van der Waals surface area contributed by atoms with E-state index in [4.69, 9.17) is 11.6 Å². The lowest BCUT2D eigenvalue weighted by molar-refractivity contribution is -0.383. The monoisotopic (exact) mass is 459 g/mol. The van der Waals surface area contributed by atoms with Crippen LogP contribution in [0.2, 0.25) is 5.02 Å². The number of rotatable bonds is 5. The van der Waals surface area contributed by atoms with Crippen LogP contribution in [0.1, 0.15) is 5.56 Å². The van der Waals surface area contributed by atoms with Crippen LogP contribution >= 0.6 is 11.6 Å². The number of halogens is 4. The molecule has 0 fully saturated rings. The Labute approximate surface area is 184 Å². The third kappa shape index (κ3) is 4.26. The van der Waals surface area contributed by atoms with Gasteiger partial charge in [-0.1, -0.05) is 48.0 Å². The van der Waals surface area contributed by atoms with Gasteiger partial charge in [-0.15, -0.1) is 0 Å². The lowest BCUT2D eigenvalue weighted by Crippen LogP contribution is -2.08. The van der Waals surface area contributed by atoms with Gasteiger partial charge in [0, 0.05) is 16.8 Å². The van der Waals surface area contributed by atoms with E-state index in [2.05, 4.69) is 20.6 Å². The fraction of sp³-hybridized carbons (Fsp3) is 0.0476. The molecule has 0 atom stereocenters. The van der Waals surface area contributed by atoms with Crippen molar-refractivity contribution in [3.05, 3.63) is 87.7 Å². The highest BCUT2D eigenvalue weighted by Gasteiger charge is 2.33. The summed E-state index contributed by atoms with van der Waals surface area (Å²) in [5.74, 6) is -0.392. The first-order valence-corrected chi connectivity index (χ1v) is 9.50. The van der Waals surface area contributed by atoms with Crippen LogP contribution in [0.15, 0.2) is 67.0 Å². The minimum atomic E-state index is -4.69. The second kappa shape index (κ2) is 8.31. The van der Waals surface area contributed by atoms with Crippen molar-refractivity contribution in [2.75, 3.05) is 10.6 Å². The molecule has 3 aromatic carbocycles. The molecule has 0 radical (unpaired) electrons. The van der Waals surface area contributed by atoms with Crippen LogP contribution in [0.4, 0.5) is 41.9 Å². The Hall–Kier alpha value is -3.92. The highest BCUT2D eigenvalue weighted by atomic mass is 35.5. The summed E-state index contributed by atoms with van der Waals surface area (Å²) in [4.78, 5) is 18.9. The number of hydrogen-bond acceptors (Lipinski definition) is 6. The van der Waals surface area contributed by atoms with Crippen molar-refractivity contribution in [3.8, 4) is 0 Å². The molecular formula is C21H13ClF3N5O2. The predicted octanol–water partition coefficient (Wildman–Crippen LogP) is 6.70. The van der Waals surface area contributed by atoms with E-state index in [9.17, 15) is 23.3 Å². The Bertz CT molecular complexity index is 1330. The molecule has 0 spiro atoms. The summed E-state index contributed by atoms with van der Waals surface area (Å²) in [5, 5.41) is 18.5. The van der Waals surface area contributed by atoms with E-state index in [1.54, 1.807) is 12.1 Å². The fourth-order valence-electron chi connectivity index (χ4n) is 3.15. The number of fused-ring (bicyclic) bond motifs is 1. The Morgan fingerprint density at radius 1 is 0.938 bits per heavy atom. The summed E-state index contributed by atoms with van der Waals surface area (Å²) >= 11 is 5.64. The van der Waals surface area contributed by atoms with E-state index in [-0.39, 0.29) is 17.3 Å². The Kier molecular flexibility index (Phi) is 5.54. The lowest BCUT2D eigenvalue weighted by atomic mass is 10.1. The van der Waals surface area contributed by atoms with Crippen molar-refractivity contribution < 1.29 is 18.1 Å². The summed E-state index contributed by atoms with van der Waals surface area (Å²) < 4.78 is 39.5. The highest BCUT2D eigenvalue weighted by molar-refractivity contribution is 6.31. The molecule has 4 rings (SSSR count). The average Bonchev–Trinajstić information content (AvgIpc) is 2.74. The van der Waals surface area contributed by atoms with E-state index < -0.39 is 27.4 Å². The molecule has 0 bridgehead atoms. The summed E-state index contributed by atoms with van der Waals surface area (Å²) in [7, 11) is 0. The van der Waals surface area contributed by atoms with Crippen LogP contribution in [0.5, 0.6) is 0 Å². The van der Waals surface area contributed by atoms with E-state index in [1.807, 2.05) is 30.3 Å². The van der Waals surface area contributed by atoms with Gasteiger partial charge in [0.2, 0.25) is 11.6 Å². The number of aromatic nitrogens is 2. The number of nitrogens with zero attached hydrogens (tertiary/aromatic N) is 3. The molecule has 4 aromatic rings. The minimum Gasteiger partial charge on any atom is -0.334 e. The van der Waals surface area contributed by atoms with Crippen LogP contribution < -0.4 is 10.6 Å². The highest BCUT2D eigenvalue weighted by Crippen LogP contribution is 2.38. The smallest absolute Gasteiger partial charge is 0.334 e. The quantitative estimate of drug-likeness (QED) is 0.255. The molecule has 7 nitrogen and oxygen atoms in total. The molecule has 0 aliphatic heterocycles. The van der Waals surface area contributed by atoms with Crippen LogP contribution in [-0.2, 0) is 6.18 Å². The first-order valence-electron chi connectivity index (χ1n) is 9.12. The number of alkyl halides is 3. The molecule has 32 heavy (non-hydrogen) atoms. The van der Waals surface area contributed by atoms with Crippen molar-refractivity contribution in [2.45, 2.75) is 6.18 Å². The topological polar surface area (TPSA) is 93.0 Å². The molecule has 0 saturated carbocycles. The Morgan fingerprint density at radius 3 is 2.34 bits per heavy atom. The molecule has 2 N–H and O–H groups in total. The van der Waals surface area contributed by atoms with Gasteiger partial charge in [-0.05, 0) is 29.7 Å². The second-order valence-electron chi connectivity index (χ2n) is 6.65. The van der Waals surface area contributed by atoms with Gasteiger partial charge in [0.15, 0.2) is 0 Å². The van der Waals surface area contributed by atoms with Crippen molar-refractivity contribution in [1.29, 1.82) is 0 Å². The molecule has 0 unspecified atom stereocenters. The molecule has 0 aliphatic carbocycles. The normalized spacial score (nSPS) is 11.4. The number of anilines is 4. The van der Waals surface area contributed by atoms with Crippen LogP contribution in [0.3, 0.4) is 0 Å². The number of hydrogen-bond donors (Lipinski definition) is 2.